The zero-order chi connectivity index (χ0) is 16.4. The van der Waals surface area contributed by atoms with Crippen molar-refractivity contribution in [1.82, 2.24) is 0 Å². The molecule has 1 aliphatic rings. The van der Waals surface area contributed by atoms with Crippen molar-refractivity contribution in [2.45, 2.75) is 18.7 Å². The third-order valence-electron chi connectivity index (χ3n) is 3.42. The highest BCUT2D eigenvalue weighted by atomic mass is 79.9. The highest BCUT2D eigenvalue weighted by Gasteiger charge is 2.18. The van der Waals surface area contributed by atoms with Gasteiger partial charge < -0.3 is 9.15 Å². The molecule has 6 heteroatoms. The summed E-state index contributed by atoms with van der Waals surface area (Å²) in [5, 5.41) is 0.633. The summed E-state index contributed by atoms with van der Waals surface area (Å²) in [6.45, 7) is 0. The van der Waals surface area contributed by atoms with E-state index in [1.165, 1.54) is 6.07 Å². The van der Waals surface area contributed by atoms with Crippen LogP contribution in [-0.4, -0.2) is 5.97 Å². The molecule has 4 nitrogen and oxygen atoms in total. The van der Waals surface area contributed by atoms with E-state index in [9.17, 15) is 9.59 Å². The number of allylic oxidation sites excluding steroid dienone is 4. The molecule has 1 aliphatic carbocycles. The largest absolute Gasteiger partial charge is 0.427 e. The second-order valence-corrected chi connectivity index (χ2v) is 6.26. The number of alkyl halides is 1. The predicted molar refractivity (Wildman–Crippen MR) is 91.8 cm³/mol. The van der Waals surface area contributed by atoms with Gasteiger partial charge in [-0.1, -0.05) is 28.1 Å². The van der Waals surface area contributed by atoms with E-state index >= 15 is 0 Å². The molecule has 0 saturated carbocycles. The van der Waals surface area contributed by atoms with E-state index in [-0.39, 0.29) is 5.56 Å². The summed E-state index contributed by atoms with van der Waals surface area (Å²) in [6.07, 6.45) is 5.08. The van der Waals surface area contributed by atoms with E-state index in [0.717, 1.165) is 16.5 Å². The third kappa shape index (κ3) is 3.57. The molecule has 1 heterocycles. The first-order chi connectivity index (χ1) is 11.1. The van der Waals surface area contributed by atoms with Gasteiger partial charge in [-0.05, 0) is 36.3 Å². The molecule has 0 aliphatic heterocycles. The van der Waals surface area contributed by atoms with E-state index in [1.54, 1.807) is 24.3 Å². The monoisotopic (exact) mass is 394 g/mol. The van der Waals surface area contributed by atoms with Crippen molar-refractivity contribution in [2.75, 3.05) is 0 Å². The van der Waals surface area contributed by atoms with Crippen molar-refractivity contribution in [3.8, 4) is 0 Å². The highest BCUT2D eigenvalue weighted by molar-refractivity contribution is 9.11. The number of rotatable bonds is 3. The Bertz CT molecular complexity index is 895. The van der Waals surface area contributed by atoms with E-state index in [4.69, 9.17) is 20.8 Å². The maximum absolute atomic E-state index is 12.3. The molecule has 0 radical (unpaired) electrons. The van der Waals surface area contributed by atoms with Crippen LogP contribution in [-0.2, 0) is 10.6 Å². The lowest BCUT2D eigenvalue weighted by Gasteiger charge is -2.11. The molecule has 0 N–H and O–H groups in total. The molecule has 1 aromatic heterocycles. The maximum atomic E-state index is 12.3. The minimum absolute atomic E-state index is 0.129. The minimum Gasteiger partial charge on any atom is -0.427 e. The fourth-order valence-electron chi connectivity index (χ4n) is 2.29. The standard InChI is InChI=1S/C17H12BrClO4/c18-12-2-1-3-13(8-12)22-16(20)14-7-11-6-10(9-19)4-5-15(11)23-17(14)21/h2,4-8H,1,3,9H2. The van der Waals surface area contributed by atoms with Crippen LogP contribution in [0.3, 0.4) is 0 Å². The van der Waals surface area contributed by atoms with E-state index in [0.29, 0.717) is 29.0 Å². The highest BCUT2D eigenvalue weighted by Crippen LogP contribution is 2.23. The van der Waals surface area contributed by atoms with Crippen LogP contribution in [0, 0.1) is 0 Å². The molecule has 3 rings (SSSR count). The predicted octanol–water partition coefficient (Wildman–Crippen LogP) is 4.65. The molecule has 0 bridgehead atoms. The molecule has 2 aromatic rings. The Morgan fingerprint density at radius 1 is 1.35 bits per heavy atom. The van der Waals surface area contributed by atoms with Crippen molar-refractivity contribution in [1.29, 1.82) is 0 Å². The molecule has 0 spiro atoms. The van der Waals surface area contributed by atoms with Gasteiger partial charge in [-0.15, -0.1) is 11.6 Å². The van der Waals surface area contributed by atoms with Gasteiger partial charge in [-0.3, -0.25) is 0 Å². The minimum atomic E-state index is -0.717. The third-order valence-corrected chi connectivity index (χ3v) is 4.28. The lowest BCUT2D eigenvalue weighted by atomic mass is 10.1. The second kappa shape index (κ2) is 6.72. The molecule has 0 atom stereocenters. The number of carbonyl (C=O) groups excluding carboxylic acids is 1. The van der Waals surface area contributed by atoms with Crippen molar-refractivity contribution in [2.24, 2.45) is 0 Å². The van der Waals surface area contributed by atoms with Gasteiger partial charge in [0.05, 0.1) is 0 Å². The molecular formula is C17H12BrClO4. The summed E-state index contributed by atoms with van der Waals surface area (Å²) in [6, 6.07) is 6.69. The lowest BCUT2D eigenvalue weighted by molar-refractivity contribution is 0.0609. The number of carbonyl (C=O) groups is 1. The number of benzene rings is 1. The molecule has 23 heavy (non-hydrogen) atoms. The SMILES string of the molecule is O=C(OC1=CC(Br)=CCC1)c1cc2cc(CCl)ccc2oc1=O. The van der Waals surface area contributed by atoms with Crippen LogP contribution in [0.5, 0.6) is 0 Å². The molecule has 0 unspecified atom stereocenters. The summed E-state index contributed by atoms with van der Waals surface area (Å²) >= 11 is 9.14. The maximum Gasteiger partial charge on any atom is 0.351 e. The first kappa shape index (κ1) is 16.0. The quantitative estimate of drug-likeness (QED) is 0.431. The summed E-state index contributed by atoms with van der Waals surface area (Å²) in [7, 11) is 0. The first-order valence-electron chi connectivity index (χ1n) is 6.98. The Morgan fingerprint density at radius 2 is 2.17 bits per heavy atom. The Morgan fingerprint density at radius 3 is 2.91 bits per heavy atom. The van der Waals surface area contributed by atoms with Gasteiger partial charge in [-0.25, -0.2) is 9.59 Å². The van der Waals surface area contributed by atoms with Crippen molar-refractivity contribution >= 4 is 44.5 Å². The first-order valence-corrected chi connectivity index (χ1v) is 8.31. The van der Waals surface area contributed by atoms with Crippen LogP contribution in [0.25, 0.3) is 11.0 Å². The van der Waals surface area contributed by atoms with E-state index in [1.807, 2.05) is 6.08 Å². The van der Waals surface area contributed by atoms with E-state index in [2.05, 4.69) is 15.9 Å². The zero-order valence-electron chi connectivity index (χ0n) is 12.0. The Hall–Kier alpha value is -1.85. The molecule has 0 amide bonds. The van der Waals surface area contributed by atoms with Gasteiger partial charge in [0, 0.05) is 22.2 Å². The van der Waals surface area contributed by atoms with Crippen molar-refractivity contribution in [3.63, 3.8) is 0 Å². The Labute approximate surface area is 145 Å². The summed E-state index contributed by atoms with van der Waals surface area (Å²) in [4.78, 5) is 24.3. The molecule has 1 aromatic carbocycles. The zero-order valence-corrected chi connectivity index (χ0v) is 14.3. The fraction of sp³-hybridized carbons (Fsp3) is 0.176. The van der Waals surface area contributed by atoms with Gasteiger partial charge in [0.1, 0.15) is 16.9 Å². The number of hydrogen-bond acceptors (Lipinski definition) is 4. The molecule has 0 saturated heterocycles. The Balaban J connectivity index is 1.95. The smallest absolute Gasteiger partial charge is 0.351 e. The molecule has 0 fully saturated rings. The number of hydrogen-bond donors (Lipinski definition) is 0. The summed E-state index contributed by atoms with van der Waals surface area (Å²) < 4.78 is 11.3. The lowest BCUT2D eigenvalue weighted by Crippen LogP contribution is -2.16. The fourth-order valence-corrected chi connectivity index (χ4v) is 2.94. The number of esters is 1. The molecular weight excluding hydrogens is 384 g/mol. The Kier molecular flexibility index (Phi) is 4.68. The summed E-state index contributed by atoms with van der Waals surface area (Å²) in [5.41, 5.74) is 0.433. The van der Waals surface area contributed by atoms with Crippen LogP contribution < -0.4 is 5.63 Å². The van der Waals surface area contributed by atoms with Crippen LogP contribution in [0.15, 0.2) is 55.9 Å². The van der Waals surface area contributed by atoms with Gasteiger partial charge in [0.15, 0.2) is 0 Å². The average molecular weight is 396 g/mol. The van der Waals surface area contributed by atoms with E-state index < -0.39 is 11.6 Å². The van der Waals surface area contributed by atoms with Gasteiger partial charge in [0.2, 0.25) is 0 Å². The van der Waals surface area contributed by atoms with Gasteiger partial charge in [-0.2, -0.15) is 0 Å². The number of fused-ring (bicyclic) bond motifs is 1. The number of ether oxygens (including phenoxy) is 1. The van der Waals surface area contributed by atoms with Crippen LogP contribution in [0.2, 0.25) is 0 Å². The van der Waals surface area contributed by atoms with Crippen LogP contribution in [0.1, 0.15) is 28.8 Å². The second-order valence-electron chi connectivity index (χ2n) is 5.08. The van der Waals surface area contributed by atoms with Crippen LogP contribution in [0.4, 0.5) is 0 Å². The van der Waals surface area contributed by atoms with Gasteiger partial charge >= 0.3 is 11.6 Å². The average Bonchev–Trinajstić information content (AvgIpc) is 2.53. The summed E-state index contributed by atoms with van der Waals surface area (Å²) in [5.74, 6) is 0.131. The number of halogens is 2. The molecule has 118 valence electrons. The topological polar surface area (TPSA) is 56.5 Å². The van der Waals surface area contributed by atoms with Crippen molar-refractivity contribution < 1.29 is 13.9 Å². The van der Waals surface area contributed by atoms with Crippen LogP contribution >= 0.6 is 27.5 Å². The van der Waals surface area contributed by atoms with Crippen molar-refractivity contribution in [3.05, 3.63) is 68.2 Å². The normalized spacial score (nSPS) is 14.3. The van der Waals surface area contributed by atoms with Gasteiger partial charge in [0.25, 0.3) is 0 Å².